The van der Waals surface area contributed by atoms with E-state index in [1.54, 1.807) is 0 Å². The fourth-order valence-electron chi connectivity index (χ4n) is 2.74. The molecule has 1 saturated heterocycles. The lowest BCUT2D eigenvalue weighted by molar-refractivity contribution is -0.0337. The lowest BCUT2D eigenvalue weighted by atomic mass is 9.99. The van der Waals surface area contributed by atoms with Gasteiger partial charge in [0.2, 0.25) is 0 Å². The highest BCUT2D eigenvalue weighted by Gasteiger charge is 2.24. The second-order valence-electron chi connectivity index (χ2n) is 5.23. The van der Waals surface area contributed by atoms with E-state index in [-0.39, 0.29) is 0 Å². The molecule has 2 rings (SSSR count). The second kappa shape index (κ2) is 6.07. The number of hydrogen-bond donors (Lipinski definition) is 1. The van der Waals surface area contributed by atoms with Gasteiger partial charge in [0.1, 0.15) is 0 Å². The molecule has 1 aromatic carbocycles. The maximum Gasteiger partial charge on any atom is 0.0570 e. The lowest BCUT2D eigenvalue weighted by Gasteiger charge is -2.33. The van der Waals surface area contributed by atoms with E-state index in [0.717, 1.165) is 23.7 Å². The van der Waals surface area contributed by atoms with Crippen molar-refractivity contribution in [3.8, 4) is 0 Å². The molecule has 0 saturated carbocycles. The Labute approximate surface area is 118 Å². The molecule has 1 aliphatic rings. The van der Waals surface area contributed by atoms with Crippen molar-refractivity contribution in [3.05, 3.63) is 28.2 Å². The summed E-state index contributed by atoms with van der Waals surface area (Å²) in [4.78, 5) is 0. The van der Waals surface area contributed by atoms with Crippen LogP contribution in [-0.4, -0.2) is 18.2 Å². The van der Waals surface area contributed by atoms with Crippen molar-refractivity contribution in [2.24, 2.45) is 0 Å². The van der Waals surface area contributed by atoms with Gasteiger partial charge in [-0.25, -0.2) is 0 Å². The third-order valence-electron chi connectivity index (χ3n) is 3.51. The summed E-state index contributed by atoms with van der Waals surface area (Å²) in [6.45, 7) is 6.52. The van der Waals surface area contributed by atoms with Crippen molar-refractivity contribution >= 4 is 21.6 Å². The van der Waals surface area contributed by atoms with E-state index < -0.39 is 0 Å². The van der Waals surface area contributed by atoms with Gasteiger partial charge in [0.15, 0.2) is 0 Å². The first kappa shape index (κ1) is 13.9. The molecule has 2 nitrogen and oxygen atoms in total. The molecular formula is C15H22BrNO. The number of hydrogen-bond acceptors (Lipinski definition) is 2. The van der Waals surface area contributed by atoms with Gasteiger partial charge in [-0.15, -0.1) is 0 Å². The Morgan fingerprint density at radius 2 is 1.94 bits per heavy atom. The number of aryl methyl sites for hydroxylation is 1. The summed E-state index contributed by atoms with van der Waals surface area (Å²) in [7, 11) is 0. The maximum atomic E-state index is 5.78. The Bertz CT molecular complexity index is 397. The summed E-state index contributed by atoms with van der Waals surface area (Å²) in [5.41, 5.74) is 2.64. The fourth-order valence-corrected chi connectivity index (χ4v) is 3.15. The smallest absolute Gasteiger partial charge is 0.0570 e. The van der Waals surface area contributed by atoms with Gasteiger partial charge >= 0.3 is 0 Å². The van der Waals surface area contributed by atoms with Crippen LogP contribution >= 0.6 is 15.9 Å². The normalized spacial score (nSPS) is 28.1. The van der Waals surface area contributed by atoms with Crippen LogP contribution in [0.25, 0.3) is 0 Å². The number of ether oxygens (including phenoxy) is 1. The van der Waals surface area contributed by atoms with Gasteiger partial charge in [0, 0.05) is 16.2 Å². The Morgan fingerprint density at radius 1 is 1.28 bits per heavy atom. The molecule has 1 aliphatic heterocycles. The molecule has 0 radical (unpaired) electrons. The zero-order valence-corrected chi connectivity index (χ0v) is 13.0. The van der Waals surface area contributed by atoms with Gasteiger partial charge in [-0.1, -0.05) is 22.9 Å². The van der Waals surface area contributed by atoms with Crippen molar-refractivity contribution < 1.29 is 4.74 Å². The summed E-state index contributed by atoms with van der Waals surface area (Å²) in [5.74, 6) is 0. The predicted molar refractivity (Wildman–Crippen MR) is 80.2 cm³/mol. The van der Waals surface area contributed by atoms with Crippen molar-refractivity contribution in [2.75, 3.05) is 5.32 Å². The number of halogens is 1. The molecule has 0 amide bonds. The molecule has 0 aromatic heterocycles. The summed E-state index contributed by atoms with van der Waals surface area (Å²) >= 11 is 3.53. The fraction of sp³-hybridized carbons (Fsp3) is 0.600. The molecule has 2 unspecified atom stereocenters. The van der Waals surface area contributed by atoms with Crippen LogP contribution in [0.2, 0.25) is 0 Å². The third kappa shape index (κ3) is 3.48. The van der Waals surface area contributed by atoms with Gasteiger partial charge in [-0.2, -0.15) is 0 Å². The first-order valence-corrected chi connectivity index (χ1v) is 7.58. The van der Waals surface area contributed by atoms with Gasteiger partial charge in [0.05, 0.1) is 12.2 Å². The van der Waals surface area contributed by atoms with E-state index in [1.807, 2.05) is 0 Å². The van der Waals surface area contributed by atoms with Crippen LogP contribution < -0.4 is 5.32 Å². The standard InChI is InChI=1S/C15H22BrNO/c1-4-12-9-13(16)5-6-15(12)17-14-7-10(2)18-11(3)8-14/h5-6,9-11,14,17H,4,7-8H2,1-3H3. The molecule has 100 valence electrons. The molecule has 1 aromatic rings. The van der Waals surface area contributed by atoms with E-state index in [9.17, 15) is 0 Å². The highest BCUT2D eigenvalue weighted by molar-refractivity contribution is 9.10. The summed E-state index contributed by atoms with van der Waals surface area (Å²) in [6.07, 6.45) is 3.93. The van der Waals surface area contributed by atoms with Crippen molar-refractivity contribution in [3.63, 3.8) is 0 Å². The second-order valence-corrected chi connectivity index (χ2v) is 6.14. The van der Waals surface area contributed by atoms with E-state index in [1.165, 1.54) is 11.3 Å². The third-order valence-corrected chi connectivity index (χ3v) is 4.00. The lowest BCUT2D eigenvalue weighted by Crippen LogP contribution is -2.37. The molecule has 1 heterocycles. The highest BCUT2D eigenvalue weighted by atomic mass is 79.9. The van der Waals surface area contributed by atoms with Crippen molar-refractivity contribution in [1.29, 1.82) is 0 Å². The van der Waals surface area contributed by atoms with Crippen molar-refractivity contribution in [1.82, 2.24) is 0 Å². The summed E-state index contributed by atoms with van der Waals surface area (Å²) in [6, 6.07) is 7.01. The average Bonchev–Trinajstić information content (AvgIpc) is 2.30. The highest BCUT2D eigenvalue weighted by Crippen LogP contribution is 2.26. The van der Waals surface area contributed by atoms with Crippen LogP contribution in [0.4, 0.5) is 5.69 Å². The predicted octanol–water partition coefficient (Wildman–Crippen LogP) is 4.38. The molecule has 2 atom stereocenters. The molecule has 0 spiro atoms. The first-order valence-electron chi connectivity index (χ1n) is 6.79. The van der Waals surface area contributed by atoms with Crippen LogP contribution in [-0.2, 0) is 11.2 Å². The minimum Gasteiger partial charge on any atom is -0.382 e. The number of rotatable bonds is 3. The van der Waals surface area contributed by atoms with Crippen LogP contribution in [0, 0.1) is 0 Å². The number of benzene rings is 1. The molecule has 18 heavy (non-hydrogen) atoms. The van der Waals surface area contributed by atoms with Crippen LogP contribution in [0.1, 0.15) is 39.2 Å². The van der Waals surface area contributed by atoms with Gasteiger partial charge in [-0.05, 0) is 56.9 Å². The molecule has 1 fully saturated rings. The quantitative estimate of drug-likeness (QED) is 0.894. The average molecular weight is 312 g/mol. The number of anilines is 1. The maximum absolute atomic E-state index is 5.78. The Balaban J connectivity index is 2.08. The SMILES string of the molecule is CCc1cc(Br)ccc1NC1CC(C)OC(C)C1. The monoisotopic (exact) mass is 311 g/mol. The minimum absolute atomic E-state index is 0.353. The molecule has 3 heteroatoms. The van der Waals surface area contributed by atoms with Gasteiger partial charge in [-0.3, -0.25) is 0 Å². The van der Waals surface area contributed by atoms with Crippen LogP contribution in [0.5, 0.6) is 0 Å². The Morgan fingerprint density at radius 3 is 2.56 bits per heavy atom. The van der Waals surface area contributed by atoms with Crippen LogP contribution in [0.3, 0.4) is 0 Å². The van der Waals surface area contributed by atoms with E-state index in [4.69, 9.17) is 4.74 Å². The van der Waals surface area contributed by atoms with Crippen molar-refractivity contribution in [2.45, 2.75) is 58.3 Å². The first-order chi connectivity index (χ1) is 8.58. The zero-order chi connectivity index (χ0) is 13.1. The number of nitrogens with one attached hydrogen (secondary N) is 1. The zero-order valence-electron chi connectivity index (χ0n) is 11.4. The summed E-state index contributed by atoms with van der Waals surface area (Å²) < 4.78 is 6.93. The van der Waals surface area contributed by atoms with Gasteiger partial charge < -0.3 is 10.1 Å². The molecule has 1 N–H and O–H groups in total. The van der Waals surface area contributed by atoms with E-state index in [0.29, 0.717) is 18.2 Å². The van der Waals surface area contributed by atoms with E-state index in [2.05, 4.69) is 60.2 Å². The van der Waals surface area contributed by atoms with Gasteiger partial charge in [0.25, 0.3) is 0 Å². The minimum atomic E-state index is 0.353. The Kier molecular flexibility index (Phi) is 4.68. The largest absolute Gasteiger partial charge is 0.382 e. The van der Waals surface area contributed by atoms with E-state index >= 15 is 0 Å². The summed E-state index contributed by atoms with van der Waals surface area (Å²) in [5, 5.41) is 3.69. The topological polar surface area (TPSA) is 21.3 Å². The van der Waals surface area contributed by atoms with Crippen LogP contribution in [0.15, 0.2) is 22.7 Å². The Hall–Kier alpha value is -0.540. The molecule has 0 aliphatic carbocycles. The molecule has 0 bridgehead atoms. The molecular weight excluding hydrogens is 290 g/mol.